The molecule has 0 saturated carbocycles. The fraction of sp³-hybridized carbons (Fsp3) is 0.333. The second-order valence-electron chi connectivity index (χ2n) is 5.02. The Kier molecular flexibility index (Phi) is 4.36. The molecule has 2 aromatic rings. The first-order valence-electron chi connectivity index (χ1n) is 6.99. The predicted molar refractivity (Wildman–Crippen MR) is 83.7 cm³/mol. The van der Waals surface area contributed by atoms with E-state index in [4.69, 9.17) is 0 Å². The van der Waals surface area contributed by atoms with Crippen LogP contribution in [0.1, 0.15) is 11.6 Å². The van der Waals surface area contributed by atoms with Gasteiger partial charge in [-0.2, -0.15) is 5.10 Å². The zero-order valence-corrected chi connectivity index (χ0v) is 13.2. The molecule has 1 fully saturated rings. The highest BCUT2D eigenvalue weighted by molar-refractivity contribution is 9.10. The minimum atomic E-state index is -0.245. The van der Waals surface area contributed by atoms with Gasteiger partial charge in [-0.3, -0.25) is 14.4 Å². The highest BCUT2D eigenvalue weighted by atomic mass is 79.9. The minimum absolute atomic E-state index is 0.0635. The smallest absolute Gasteiger partial charge is 0.242 e. The molecule has 1 N–H and O–H groups in total. The van der Waals surface area contributed by atoms with Crippen molar-refractivity contribution < 1.29 is 4.79 Å². The van der Waals surface area contributed by atoms with Crippen LogP contribution >= 0.6 is 15.9 Å². The average Bonchev–Trinajstić information content (AvgIpc) is 3.00. The number of halogens is 1. The van der Waals surface area contributed by atoms with Crippen LogP contribution in [0.15, 0.2) is 47.2 Å². The van der Waals surface area contributed by atoms with Gasteiger partial charge in [-0.05, 0) is 17.7 Å². The number of piperazine rings is 1. The lowest BCUT2D eigenvalue weighted by Gasteiger charge is -2.35. The summed E-state index contributed by atoms with van der Waals surface area (Å²) in [5, 5.41) is 7.17. The third kappa shape index (κ3) is 3.16. The molecule has 1 aliphatic heterocycles. The first-order valence-corrected chi connectivity index (χ1v) is 7.78. The lowest BCUT2D eigenvalue weighted by Crippen LogP contribution is -2.50. The van der Waals surface area contributed by atoms with Gasteiger partial charge in [-0.1, -0.05) is 34.1 Å². The second-order valence-corrected chi connectivity index (χ2v) is 5.87. The fourth-order valence-corrected chi connectivity index (χ4v) is 3.16. The summed E-state index contributed by atoms with van der Waals surface area (Å²) in [6.45, 7) is 3.11. The zero-order valence-electron chi connectivity index (χ0n) is 11.6. The number of rotatable bonds is 4. The van der Waals surface area contributed by atoms with Crippen LogP contribution in [0.4, 0.5) is 0 Å². The highest BCUT2D eigenvalue weighted by Gasteiger charge is 2.31. The Hall–Kier alpha value is -1.66. The lowest BCUT2D eigenvalue weighted by atomic mass is 10.0. The summed E-state index contributed by atoms with van der Waals surface area (Å²) >= 11 is 3.55. The van der Waals surface area contributed by atoms with Gasteiger partial charge in [-0.15, -0.1) is 0 Å². The molecule has 0 aliphatic carbocycles. The summed E-state index contributed by atoms with van der Waals surface area (Å²) in [6, 6.07) is 9.57. The van der Waals surface area contributed by atoms with Gasteiger partial charge >= 0.3 is 0 Å². The first-order chi connectivity index (χ1) is 10.3. The number of hydrogen-bond acceptors (Lipinski definition) is 3. The highest BCUT2D eigenvalue weighted by Crippen LogP contribution is 2.29. The SMILES string of the molecule is O=C1NCCN(CCn2cccn2)C1c1ccccc1Br. The van der Waals surface area contributed by atoms with E-state index in [2.05, 4.69) is 31.2 Å². The van der Waals surface area contributed by atoms with Crippen LogP contribution < -0.4 is 5.32 Å². The van der Waals surface area contributed by atoms with Crippen LogP contribution in [0, 0.1) is 0 Å². The molecule has 0 spiro atoms. The lowest BCUT2D eigenvalue weighted by molar-refractivity contribution is -0.129. The standard InChI is InChI=1S/C15H17BrN4O/c16-13-5-2-1-4-12(13)14-15(21)17-7-9-19(14)10-11-20-8-3-6-18-20/h1-6,8,14H,7,9-11H2,(H,17,21). The summed E-state index contributed by atoms with van der Waals surface area (Å²) in [4.78, 5) is 14.5. The molecule has 0 radical (unpaired) electrons. The van der Waals surface area contributed by atoms with E-state index in [-0.39, 0.29) is 11.9 Å². The van der Waals surface area contributed by atoms with Gasteiger partial charge in [-0.25, -0.2) is 0 Å². The Morgan fingerprint density at radius 3 is 2.90 bits per heavy atom. The van der Waals surface area contributed by atoms with Gasteiger partial charge < -0.3 is 5.32 Å². The fourth-order valence-electron chi connectivity index (χ4n) is 2.65. The van der Waals surface area contributed by atoms with Crippen molar-refractivity contribution in [2.24, 2.45) is 0 Å². The minimum Gasteiger partial charge on any atom is -0.353 e. The van der Waals surface area contributed by atoms with E-state index in [0.717, 1.165) is 29.7 Å². The first kappa shape index (κ1) is 14.3. The van der Waals surface area contributed by atoms with E-state index in [1.165, 1.54) is 0 Å². The molecule has 0 bridgehead atoms. The van der Waals surface area contributed by atoms with E-state index >= 15 is 0 Å². The van der Waals surface area contributed by atoms with Crippen LogP contribution in [-0.4, -0.2) is 40.2 Å². The third-order valence-corrected chi connectivity index (χ3v) is 4.41. The van der Waals surface area contributed by atoms with Crippen LogP contribution in [0.2, 0.25) is 0 Å². The maximum absolute atomic E-state index is 12.3. The molecule has 1 aliphatic rings. The molecule has 1 atom stereocenters. The van der Waals surface area contributed by atoms with Crippen molar-refractivity contribution in [1.82, 2.24) is 20.0 Å². The number of nitrogens with zero attached hydrogens (tertiary/aromatic N) is 3. The molecular weight excluding hydrogens is 332 g/mol. The van der Waals surface area contributed by atoms with Gasteiger partial charge in [0.2, 0.25) is 5.91 Å². The summed E-state index contributed by atoms with van der Waals surface area (Å²) in [5.41, 5.74) is 1.01. The second kappa shape index (κ2) is 6.41. The Morgan fingerprint density at radius 1 is 1.29 bits per heavy atom. The number of hydrogen-bond donors (Lipinski definition) is 1. The van der Waals surface area contributed by atoms with Gasteiger partial charge in [0.25, 0.3) is 0 Å². The van der Waals surface area contributed by atoms with E-state index in [1.54, 1.807) is 6.20 Å². The van der Waals surface area contributed by atoms with Crippen molar-refractivity contribution in [2.75, 3.05) is 19.6 Å². The van der Waals surface area contributed by atoms with Gasteiger partial charge in [0, 0.05) is 36.5 Å². The molecule has 6 heteroatoms. The van der Waals surface area contributed by atoms with E-state index in [9.17, 15) is 4.79 Å². The van der Waals surface area contributed by atoms with Crippen LogP contribution in [0.5, 0.6) is 0 Å². The molecule has 1 amide bonds. The average molecular weight is 349 g/mol. The summed E-state index contributed by atoms with van der Waals surface area (Å²) in [5.74, 6) is 0.0635. The number of amides is 1. The largest absolute Gasteiger partial charge is 0.353 e. The topological polar surface area (TPSA) is 50.2 Å². The van der Waals surface area contributed by atoms with Crippen molar-refractivity contribution in [3.8, 4) is 0 Å². The normalized spacial score (nSPS) is 19.5. The molecule has 1 aromatic heterocycles. The summed E-state index contributed by atoms with van der Waals surface area (Å²) in [7, 11) is 0. The summed E-state index contributed by atoms with van der Waals surface area (Å²) in [6.07, 6.45) is 3.71. The van der Waals surface area contributed by atoms with Gasteiger partial charge in [0.1, 0.15) is 6.04 Å². The monoisotopic (exact) mass is 348 g/mol. The number of nitrogens with one attached hydrogen (secondary N) is 1. The molecule has 110 valence electrons. The van der Waals surface area contributed by atoms with Crippen LogP contribution in [0.25, 0.3) is 0 Å². The Balaban J connectivity index is 1.80. The summed E-state index contributed by atoms with van der Waals surface area (Å²) < 4.78 is 2.86. The molecule has 1 saturated heterocycles. The van der Waals surface area contributed by atoms with Crippen molar-refractivity contribution in [3.63, 3.8) is 0 Å². The number of aromatic nitrogens is 2. The van der Waals surface area contributed by atoms with Crippen molar-refractivity contribution >= 4 is 21.8 Å². The maximum atomic E-state index is 12.3. The van der Waals surface area contributed by atoms with Crippen molar-refractivity contribution in [3.05, 3.63) is 52.8 Å². The van der Waals surface area contributed by atoms with E-state index in [0.29, 0.717) is 6.54 Å². The molecule has 2 heterocycles. The van der Waals surface area contributed by atoms with Crippen LogP contribution in [-0.2, 0) is 11.3 Å². The van der Waals surface area contributed by atoms with Gasteiger partial charge in [0.15, 0.2) is 0 Å². The Labute approximate surface area is 132 Å². The third-order valence-electron chi connectivity index (χ3n) is 3.69. The zero-order chi connectivity index (χ0) is 14.7. The van der Waals surface area contributed by atoms with Crippen molar-refractivity contribution in [2.45, 2.75) is 12.6 Å². The quantitative estimate of drug-likeness (QED) is 0.916. The molecule has 1 unspecified atom stereocenters. The maximum Gasteiger partial charge on any atom is 0.242 e. The predicted octanol–water partition coefficient (Wildman–Crippen LogP) is 1.82. The number of carbonyl (C=O) groups is 1. The molecule has 5 nitrogen and oxygen atoms in total. The molecule has 3 rings (SSSR count). The van der Waals surface area contributed by atoms with E-state index in [1.807, 2.05) is 41.2 Å². The molecular formula is C15H17BrN4O. The van der Waals surface area contributed by atoms with Gasteiger partial charge in [0.05, 0.1) is 6.54 Å². The number of carbonyl (C=O) groups excluding carboxylic acids is 1. The van der Waals surface area contributed by atoms with Crippen LogP contribution in [0.3, 0.4) is 0 Å². The van der Waals surface area contributed by atoms with Crippen molar-refractivity contribution in [1.29, 1.82) is 0 Å². The molecule has 1 aromatic carbocycles. The molecule has 21 heavy (non-hydrogen) atoms. The van der Waals surface area contributed by atoms with E-state index < -0.39 is 0 Å². The number of benzene rings is 1. The Morgan fingerprint density at radius 2 is 2.14 bits per heavy atom. The Bertz CT molecular complexity index is 614.